The van der Waals surface area contributed by atoms with Crippen LogP contribution >= 0.6 is 11.8 Å². The average Bonchev–Trinajstić information content (AvgIpc) is 2.12. The van der Waals surface area contributed by atoms with Gasteiger partial charge in [0, 0.05) is 5.54 Å². The summed E-state index contributed by atoms with van der Waals surface area (Å²) in [6, 6.07) is -0.575. The zero-order valence-electron chi connectivity index (χ0n) is 11.9. The standard InChI is InChI=1S/C12H22N2O4S/c1-7(2)9(10(16)17)19-6-8(15)13-11(18)14-12(3,4)5/h7,9H,6H2,1-5H3,(H,16,17)(H2,13,14,15,18). The second-order valence-electron chi connectivity index (χ2n) is 5.57. The van der Waals surface area contributed by atoms with Crippen molar-refractivity contribution in [1.29, 1.82) is 0 Å². The molecule has 0 saturated heterocycles. The van der Waals surface area contributed by atoms with Gasteiger partial charge in [-0.3, -0.25) is 14.9 Å². The van der Waals surface area contributed by atoms with E-state index in [4.69, 9.17) is 5.11 Å². The second kappa shape index (κ2) is 7.37. The van der Waals surface area contributed by atoms with E-state index in [0.717, 1.165) is 11.8 Å². The Morgan fingerprint density at radius 3 is 2.11 bits per heavy atom. The molecule has 0 aromatic rings. The molecule has 0 rings (SSSR count). The van der Waals surface area contributed by atoms with E-state index in [9.17, 15) is 14.4 Å². The molecule has 1 unspecified atom stereocenters. The number of amides is 3. The van der Waals surface area contributed by atoms with Crippen molar-refractivity contribution in [3.63, 3.8) is 0 Å². The van der Waals surface area contributed by atoms with Crippen LogP contribution in [-0.2, 0) is 9.59 Å². The summed E-state index contributed by atoms with van der Waals surface area (Å²) in [6.45, 7) is 8.94. The van der Waals surface area contributed by atoms with Crippen molar-refractivity contribution in [3.8, 4) is 0 Å². The van der Waals surface area contributed by atoms with E-state index in [1.54, 1.807) is 34.6 Å². The molecule has 3 N–H and O–H groups in total. The van der Waals surface area contributed by atoms with Crippen molar-refractivity contribution in [1.82, 2.24) is 10.6 Å². The summed E-state index contributed by atoms with van der Waals surface area (Å²) in [5.41, 5.74) is -0.432. The lowest BCUT2D eigenvalue weighted by Crippen LogP contribution is -2.48. The number of rotatable bonds is 5. The maximum absolute atomic E-state index is 11.5. The number of imide groups is 1. The van der Waals surface area contributed by atoms with Gasteiger partial charge >= 0.3 is 12.0 Å². The molecule has 1 atom stereocenters. The Hall–Kier alpha value is -1.24. The first kappa shape index (κ1) is 17.8. The fraction of sp³-hybridized carbons (Fsp3) is 0.750. The van der Waals surface area contributed by atoms with Gasteiger partial charge in [0.1, 0.15) is 5.25 Å². The smallest absolute Gasteiger partial charge is 0.321 e. The summed E-state index contributed by atoms with van der Waals surface area (Å²) in [5, 5.41) is 13.1. The molecule has 0 aliphatic carbocycles. The summed E-state index contributed by atoms with van der Waals surface area (Å²) < 4.78 is 0. The molecule has 0 saturated carbocycles. The molecule has 0 aliphatic rings. The first-order chi connectivity index (χ1) is 8.53. The zero-order valence-corrected chi connectivity index (χ0v) is 12.8. The monoisotopic (exact) mass is 290 g/mol. The van der Waals surface area contributed by atoms with Crippen molar-refractivity contribution in [3.05, 3.63) is 0 Å². The van der Waals surface area contributed by atoms with Gasteiger partial charge in [-0.25, -0.2) is 4.79 Å². The summed E-state index contributed by atoms with van der Waals surface area (Å²) in [5.74, 6) is -1.60. The number of carbonyl (C=O) groups is 3. The number of thioether (sulfide) groups is 1. The first-order valence-corrected chi connectivity index (χ1v) is 7.04. The van der Waals surface area contributed by atoms with Crippen LogP contribution in [0.3, 0.4) is 0 Å². The normalized spacial score (nSPS) is 12.9. The van der Waals surface area contributed by atoms with Crippen LogP contribution in [0.25, 0.3) is 0 Å². The Morgan fingerprint density at radius 1 is 1.21 bits per heavy atom. The molecule has 0 bridgehead atoms. The molecule has 0 fully saturated rings. The highest BCUT2D eigenvalue weighted by Gasteiger charge is 2.23. The number of nitrogens with one attached hydrogen (secondary N) is 2. The minimum Gasteiger partial charge on any atom is -0.480 e. The van der Waals surface area contributed by atoms with Crippen molar-refractivity contribution in [2.45, 2.75) is 45.4 Å². The summed E-state index contributed by atoms with van der Waals surface area (Å²) in [7, 11) is 0. The van der Waals surface area contributed by atoms with E-state index in [0.29, 0.717) is 0 Å². The molecule has 0 heterocycles. The molecule has 19 heavy (non-hydrogen) atoms. The summed E-state index contributed by atoms with van der Waals surface area (Å²) in [6.07, 6.45) is 0. The van der Waals surface area contributed by atoms with Crippen molar-refractivity contribution < 1.29 is 19.5 Å². The average molecular weight is 290 g/mol. The van der Waals surface area contributed by atoms with Crippen molar-refractivity contribution >= 4 is 29.7 Å². The van der Waals surface area contributed by atoms with Gasteiger partial charge < -0.3 is 10.4 Å². The van der Waals surface area contributed by atoms with Crippen LogP contribution in [-0.4, -0.2) is 39.6 Å². The quantitative estimate of drug-likeness (QED) is 0.712. The first-order valence-electron chi connectivity index (χ1n) is 5.99. The van der Waals surface area contributed by atoms with Crippen molar-refractivity contribution in [2.24, 2.45) is 5.92 Å². The number of aliphatic carboxylic acids is 1. The van der Waals surface area contributed by atoms with Crippen LogP contribution in [0.4, 0.5) is 4.79 Å². The number of carboxylic acids is 1. The molecular weight excluding hydrogens is 268 g/mol. The zero-order chi connectivity index (χ0) is 15.2. The maximum Gasteiger partial charge on any atom is 0.321 e. The Morgan fingerprint density at radius 2 is 1.74 bits per heavy atom. The molecule has 3 amide bonds. The third-order valence-electron chi connectivity index (χ3n) is 1.98. The highest BCUT2D eigenvalue weighted by Crippen LogP contribution is 2.19. The summed E-state index contributed by atoms with van der Waals surface area (Å²) >= 11 is 1.01. The second-order valence-corrected chi connectivity index (χ2v) is 6.70. The van der Waals surface area contributed by atoms with E-state index in [-0.39, 0.29) is 11.7 Å². The Bertz CT molecular complexity index is 350. The number of urea groups is 1. The van der Waals surface area contributed by atoms with Crippen LogP contribution in [0.1, 0.15) is 34.6 Å². The van der Waals surface area contributed by atoms with Gasteiger partial charge in [-0.15, -0.1) is 11.8 Å². The van der Waals surface area contributed by atoms with E-state index < -0.39 is 28.7 Å². The minimum atomic E-state index is -0.952. The molecule has 0 spiro atoms. The number of carboxylic acid groups (broad SMARTS) is 1. The molecule has 110 valence electrons. The molecule has 0 radical (unpaired) electrons. The van der Waals surface area contributed by atoms with Gasteiger partial charge in [0.15, 0.2) is 0 Å². The predicted molar refractivity (Wildman–Crippen MR) is 75.1 cm³/mol. The van der Waals surface area contributed by atoms with Gasteiger partial charge in [-0.05, 0) is 26.7 Å². The van der Waals surface area contributed by atoms with E-state index >= 15 is 0 Å². The van der Waals surface area contributed by atoms with Crippen LogP contribution in [0.2, 0.25) is 0 Å². The molecular formula is C12H22N2O4S. The molecule has 0 aromatic heterocycles. The highest BCUT2D eigenvalue weighted by molar-refractivity contribution is 8.01. The molecule has 6 nitrogen and oxygen atoms in total. The molecule has 0 aliphatic heterocycles. The number of hydrogen-bond donors (Lipinski definition) is 3. The number of hydrogen-bond acceptors (Lipinski definition) is 4. The lowest BCUT2D eigenvalue weighted by atomic mass is 10.1. The van der Waals surface area contributed by atoms with Crippen LogP contribution in [0, 0.1) is 5.92 Å². The number of carbonyl (C=O) groups excluding carboxylic acids is 2. The van der Waals surface area contributed by atoms with E-state index in [1.807, 2.05) is 0 Å². The van der Waals surface area contributed by atoms with Crippen LogP contribution in [0.15, 0.2) is 0 Å². The Balaban J connectivity index is 4.19. The summed E-state index contributed by atoms with van der Waals surface area (Å²) in [4.78, 5) is 33.8. The molecule has 7 heteroatoms. The maximum atomic E-state index is 11.5. The van der Waals surface area contributed by atoms with Crippen molar-refractivity contribution in [2.75, 3.05) is 5.75 Å². The van der Waals surface area contributed by atoms with Gasteiger partial charge in [0.25, 0.3) is 0 Å². The van der Waals surface area contributed by atoms with Crippen LogP contribution in [0.5, 0.6) is 0 Å². The third-order valence-corrected chi connectivity index (χ3v) is 3.52. The topological polar surface area (TPSA) is 95.5 Å². The lowest BCUT2D eigenvalue weighted by Gasteiger charge is -2.20. The fourth-order valence-corrected chi connectivity index (χ4v) is 2.18. The third kappa shape index (κ3) is 8.47. The van der Waals surface area contributed by atoms with Gasteiger partial charge in [0.05, 0.1) is 5.75 Å². The largest absolute Gasteiger partial charge is 0.480 e. The Kier molecular flexibility index (Phi) is 6.89. The predicted octanol–water partition coefficient (Wildman–Crippen LogP) is 1.45. The van der Waals surface area contributed by atoms with Gasteiger partial charge in [0.2, 0.25) is 5.91 Å². The minimum absolute atomic E-state index is 0.0628. The molecule has 0 aromatic carbocycles. The SMILES string of the molecule is CC(C)C(SCC(=O)NC(=O)NC(C)(C)C)C(=O)O. The van der Waals surface area contributed by atoms with Crippen LogP contribution < -0.4 is 10.6 Å². The van der Waals surface area contributed by atoms with Gasteiger partial charge in [-0.1, -0.05) is 13.8 Å². The lowest BCUT2D eigenvalue weighted by molar-refractivity contribution is -0.137. The van der Waals surface area contributed by atoms with E-state index in [2.05, 4.69) is 10.6 Å². The Labute approximate surface area is 117 Å². The van der Waals surface area contributed by atoms with Gasteiger partial charge in [-0.2, -0.15) is 0 Å². The highest BCUT2D eigenvalue weighted by atomic mass is 32.2. The fourth-order valence-electron chi connectivity index (χ4n) is 1.25. The van der Waals surface area contributed by atoms with E-state index in [1.165, 1.54) is 0 Å².